The fourth-order valence-corrected chi connectivity index (χ4v) is 1.54. The largest absolute Gasteiger partial charge is 0.460 e. The summed E-state index contributed by atoms with van der Waals surface area (Å²) < 4.78 is 6.96. The summed E-state index contributed by atoms with van der Waals surface area (Å²) in [7, 11) is 0. The predicted octanol–water partition coefficient (Wildman–Crippen LogP) is 1.55. The number of halogens is 1. The molecule has 1 aromatic heterocycles. The zero-order valence-corrected chi connectivity index (χ0v) is 9.32. The van der Waals surface area contributed by atoms with Crippen molar-refractivity contribution in [3.05, 3.63) is 10.6 Å². The van der Waals surface area contributed by atoms with Gasteiger partial charge in [-0.05, 0) is 35.7 Å². The number of esters is 1. The van der Waals surface area contributed by atoms with Crippen LogP contribution >= 0.6 is 15.9 Å². The Kier molecular flexibility index (Phi) is 2.54. The van der Waals surface area contributed by atoms with Crippen LogP contribution in [0.1, 0.15) is 36.4 Å². The topological polar surface area (TPSA) is 57.0 Å². The van der Waals surface area contributed by atoms with Crippen LogP contribution in [0.15, 0.2) is 4.73 Å². The van der Waals surface area contributed by atoms with Crippen molar-refractivity contribution in [1.29, 1.82) is 0 Å². The molecule has 0 saturated heterocycles. The molecule has 0 aliphatic heterocycles. The van der Waals surface area contributed by atoms with E-state index in [1.165, 1.54) is 0 Å². The Bertz CT molecular complexity index is 359. The van der Waals surface area contributed by atoms with Gasteiger partial charge in [0, 0.05) is 0 Å². The van der Waals surface area contributed by atoms with Gasteiger partial charge in [0.05, 0.1) is 12.6 Å². The molecule has 1 aliphatic rings. The first-order valence-corrected chi connectivity index (χ1v) is 5.31. The normalized spacial score (nSPS) is 15.6. The van der Waals surface area contributed by atoms with Crippen LogP contribution in [0.3, 0.4) is 0 Å². The van der Waals surface area contributed by atoms with E-state index in [9.17, 15) is 4.79 Å². The Morgan fingerprint density at radius 1 is 1.71 bits per heavy atom. The second kappa shape index (κ2) is 3.68. The highest BCUT2D eigenvalue weighted by Gasteiger charge is 2.30. The zero-order chi connectivity index (χ0) is 10.1. The number of rotatable bonds is 3. The monoisotopic (exact) mass is 259 g/mol. The van der Waals surface area contributed by atoms with E-state index in [-0.39, 0.29) is 0 Å². The fraction of sp³-hybridized carbons (Fsp3) is 0.625. The highest BCUT2D eigenvalue weighted by Crippen LogP contribution is 2.35. The van der Waals surface area contributed by atoms with Gasteiger partial charge in [0.15, 0.2) is 0 Å². The lowest BCUT2D eigenvalue weighted by Gasteiger charge is -2.02. The SMILES string of the molecule is CCOC(=O)c1nc(Br)nn1C1CC1. The Morgan fingerprint density at radius 3 is 3.00 bits per heavy atom. The predicted molar refractivity (Wildman–Crippen MR) is 51.9 cm³/mol. The molecule has 1 heterocycles. The van der Waals surface area contributed by atoms with Gasteiger partial charge < -0.3 is 4.74 Å². The summed E-state index contributed by atoms with van der Waals surface area (Å²) in [5, 5.41) is 4.10. The third-order valence-corrected chi connectivity index (χ3v) is 2.29. The van der Waals surface area contributed by atoms with Crippen molar-refractivity contribution in [3.8, 4) is 0 Å². The van der Waals surface area contributed by atoms with E-state index in [0.29, 0.717) is 23.2 Å². The van der Waals surface area contributed by atoms with Crippen molar-refractivity contribution in [1.82, 2.24) is 14.8 Å². The smallest absolute Gasteiger partial charge is 0.376 e. The van der Waals surface area contributed by atoms with Crippen LogP contribution in [0.2, 0.25) is 0 Å². The minimum absolute atomic E-state index is 0.293. The Morgan fingerprint density at radius 2 is 2.43 bits per heavy atom. The van der Waals surface area contributed by atoms with Crippen molar-refractivity contribution in [2.24, 2.45) is 0 Å². The minimum Gasteiger partial charge on any atom is -0.460 e. The van der Waals surface area contributed by atoms with E-state index >= 15 is 0 Å². The molecule has 0 amide bonds. The molecule has 1 aliphatic carbocycles. The summed E-state index contributed by atoms with van der Waals surface area (Å²) in [6.45, 7) is 2.12. The van der Waals surface area contributed by atoms with Gasteiger partial charge in [-0.3, -0.25) is 0 Å². The standard InChI is InChI=1S/C8H10BrN3O2/c1-2-14-7(13)6-10-8(9)11-12(6)5-3-4-5/h5H,2-4H2,1H3. The molecule has 0 bridgehead atoms. The maximum absolute atomic E-state index is 11.4. The summed E-state index contributed by atoms with van der Waals surface area (Å²) >= 11 is 3.15. The first-order valence-electron chi connectivity index (χ1n) is 4.51. The lowest BCUT2D eigenvalue weighted by atomic mass is 10.5. The van der Waals surface area contributed by atoms with Crippen LogP contribution in [0.4, 0.5) is 0 Å². The molecule has 1 fully saturated rings. The van der Waals surface area contributed by atoms with Gasteiger partial charge in [-0.2, -0.15) is 4.98 Å². The molecule has 0 N–H and O–H groups in total. The number of hydrogen-bond acceptors (Lipinski definition) is 4. The Labute approximate surface area is 89.6 Å². The lowest BCUT2D eigenvalue weighted by molar-refractivity contribution is 0.0504. The first kappa shape index (κ1) is 9.64. The molecular weight excluding hydrogens is 250 g/mol. The van der Waals surface area contributed by atoms with Crippen LogP contribution in [0.25, 0.3) is 0 Å². The van der Waals surface area contributed by atoms with Gasteiger partial charge >= 0.3 is 5.97 Å². The van der Waals surface area contributed by atoms with Crippen molar-refractivity contribution in [2.45, 2.75) is 25.8 Å². The number of carbonyl (C=O) groups excluding carboxylic acids is 1. The van der Waals surface area contributed by atoms with E-state index < -0.39 is 5.97 Å². The van der Waals surface area contributed by atoms with Crippen LogP contribution in [-0.2, 0) is 4.74 Å². The Hall–Kier alpha value is -0.910. The Balaban J connectivity index is 2.26. The maximum atomic E-state index is 11.4. The van der Waals surface area contributed by atoms with Crippen molar-refractivity contribution < 1.29 is 9.53 Å². The van der Waals surface area contributed by atoms with Gasteiger partial charge in [0.2, 0.25) is 10.6 Å². The molecule has 0 atom stereocenters. The summed E-state index contributed by atoms with van der Waals surface area (Å²) in [6, 6.07) is 0.327. The second-order valence-electron chi connectivity index (χ2n) is 3.10. The second-order valence-corrected chi connectivity index (χ2v) is 3.81. The summed E-state index contributed by atoms with van der Waals surface area (Å²) in [5.41, 5.74) is 0. The van der Waals surface area contributed by atoms with E-state index in [1.54, 1.807) is 11.6 Å². The molecule has 76 valence electrons. The molecule has 0 unspecified atom stereocenters. The highest BCUT2D eigenvalue weighted by atomic mass is 79.9. The summed E-state index contributed by atoms with van der Waals surface area (Å²) in [4.78, 5) is 15.4. The summed E-state index contributed by atoms with van der Waals surface area (Å²) in [6.07, 6.45) is 2.12. The van der Waals surface area contributed by atoms with Crippen LogP contribution in [0.5, 0.6) is 0 Å². The number of carbonyl (C=O) groups is 1. The third-order valence-electron chi connectivity index (χ3n) is 1.96. The molecular formula is C8H10BrN3O2. The summed E-state index contributed by atoms with van der Waals surface area (Å²) in [5.74, 6) is -0.112. The van der Waals surface area contributed by atoms with E-state index in [0.717, 1.165) is 12.8 Å². The van der Waals surface area contributed by atoms with Crippen molar-refractivity contribution in [3.63, 3.8) is 0 Å². The minimum atomic E-state index is -0.405. The molecule has 1 saturated carbocycles. The van der Waals surface area contributed by atoms with E-state index in [4.69, 9.17) is 4.74 Å². The average molecular weight is 260 g/mol. The third kappa shape index (κ3) is 1.79. The van der Waals surface area contributed by atoms with E-state index in [2.05, 4.69) is 26.0 Å². The number of ether oxygens (including phenoxy) is 1. The van der Waals surface area contributed by atoms with E-state index in [1.807, 2.05) is 0 Å². The zero-order valence-electron chi connectivity index (χ0n) is 7.73. The lowest BCUT2D eigenvalue weighted by Crippen LogP contribution is -2.13. The van der Waals surface area contributed by atoms with Gasteiger partial charge in [-0.15, -0.1) is 5.10 Å². The maximum Gasteiger partial charge on any atom is 0.376 e. The molecule has 5 nitrogen and oxygen atoms in total. The van der Waals surface area contributed by atoms with Crippen LogP contribution < -0.4 is 0 Å². The molecule has 2 rings (SSSR count). The molecule has 6 heteroatoms. The van der Waals surface area contributed by atoms with Gasteiger partial charge in [-0.1, -0.05) is 0 Å². The molecule has 0 spiro atoms. The highest BCUT2D eigenvalue weighted by molar-refractivity contribution is 9.10. The molecule has 0 radical (unpaired) electrons. The first-order chi connectivity index (χ1) is 6.72. The van der Waals surface area contributed by atoms with Crippen LogP contribution in [0, 0.1) is 0 Å². The number of hydrogen-bond donors (Lipinski definition) is 0. The number of aromatic nitrogens is 3. The number of nitrogens with zero attached hydrogens (tertiary/aromatic N) is 3. The van der Waals surface area contributed by atoms with Crippen LogP contribution in [-0.4, -0.2) is 27.3 Å². The van der Waals surface area contributed by atoms with Gasteiger partial charge in [-0.25, -0.2) is 9.48 Å². The fourth-order valence-electron chi connectivity index (χ4n) is 1.21. The van der Waals surface area contributed by atoms with Gasteiger partial charge in [0.25, 0.3) is 0 Å². The molecule has 0 aromatic carbocycles. The van der Waals surface area contributed by atoms with Crippen molar-refractivity contribution in [2.75, 3.05) is 6.61 Å². The van der Waals surface area contributed by atoms with Crippen molar-refractivity contribution >= 4 is 21.9 Å². The average Bonchev–Trinajstić information content (AvgIpc) is 2.90. The molecule has 14 heavy (non-hydrogen) atoms. The molecule has 1 aromatic rings. The quantitative estimate of drug-likeness (QED) is 0.774. The van der Waals surface area contributed by atoms with Gasteiger partial charge in [0.1, 0.15) is 0 Å².